The van der Waals surface area contributed by atoms with Gasteiger partial charge in [0.1, 0.15) is 17.5 Å². The van der Waals surface area contributed by atoms with E-state index in [0.717, 1.165) is 5.56 Å². The van der Waals surface area contributed by atoms with Gasteiger partial charge in [0.2, 0.25) is 0 Å². The summed E-state index contributed by atoms with van der Waals surface area (Å²) >= 11 is 0. The van der Waals surface area contributed by atoms with Crippen molar-refractivity contribution in [3.8, 4) is 17.2 Å². The van der Waals surface area contributed by atoms with Crippen molar-refractivity contribution in [3.63, 3.8) is 0 Å². The fourth-order valence-corrected chi connectivity index (χ4v) is 2.23. The number of hydrogen-bond acceptors (Lipinski definition) is 5. The number of nitrogen functional groups attached to an aromatic ring is 1. The van der Waals surface area contributed by atoms with Crippen molar-refractivity contribution in [2.45, 2.75) is 32.7 Å². The van der Waals surface area contributed by atoms with Crippen molar-refractivity contribution < 1.29 is 9.90 Å². The number of hydrogen-bond donors (Lipinski definition) is 2. The summed E-state index contributed by atoms with van der Waals surface area (Å²) in [5.74, 6) is -1.10. The fourth-order valence-electron chi connectivity index (χ4n) is 2.23. The van der Waals surface area contributed by atoms with Crippen LogP contribution in [0.3, 0.4) is 0 Å². The molecule has 7 nitrogen and oxygen atoms in total. The van der Waals surface area contributed by atoms with Crippen LogP contribution in [0.15, 0.2) is 18.5 Å². The minimum atomic E-state index is -0.905. The van der Waals surface area contributed by atoms with Crippen molar-refractivity contribution in [3.05, 3.63) is 29.7 Å². The molecule has 0 bridgehead atoms. The standard InChI is InChI=1S/C15H17N5O2/c1-3-20-8-10(7-18-20)11-5-13(9(2)4-14(21)22)19-15(17)12(11)6-16/h5,7-9H,3-4H2,1-2H3,(H2,17,19)(H,21,22). The number of aryl methyl sites for hydroxylation is 1. The molecule has 0 spiro atoms. The Morgan fingerprint density at radius 3 is 2.86 bits per heavy atom. The Hall–Kier alpha value is -2.88. The first-order chi connectivity index (χ1) is 10.5. The van der Waals surface area contributed by atoms with Crippen LogP contribution in [0.25, 0.3) is 11.1 Å². The van der Waals surface area contributed by atoms with Gasteiger partial charge in [-0.1, -0.05) is 6.92 Å². The highest BCUT2D eigenvalue weighted by molar-refractivity contribution is 5.75. The highest BCUT2D eigenvalue weighted by Crippen LogP contribution is 2.30. The first-order valence-electron chi connectivity index (χ1n) is 6.91. The molecule has 2 rings (SSSR count). The summed E-state index contributed by atoms with van der Waals surface area (Å²) < 4.78 is 1.74. The maximum absolute atomic E-state index is 10.9. The predicted molar refractivity (Wildman–Crippen MR) is 80.9 cm³/mol. The van der Waals surface area contributed by atoms with Gasteiger partial charge in [0, 0.05) is 35.5 Å². The number of nitrogens with two attached hydrogens (primary N) is 1. The van der Waals surface area contributed by atoms with Gasteiger partial charge in [0.05, 0.1) is 12.6 Å². The number of aromatic nitrogens is 3. The van der Waals surface area contributed by atoms with Crippen LogP contribution < -0.4 is 5.73 Å². The van der Waals surface area contributed by atoms with E-state index in [1.54, 1.807) is 23.9 Å². The molecule has 0 aromatic carbocycles. The van der Waals surface area contributed by atoms with Gasteiger partial charge in [-0.05, 0) is 13.0 Å². The predicted octanol–water partition coefficient (Wildman–Crippen LogP) is 2.00. The first kappa shape index (κ1) is 15.5. The molecule has 3 N–H and O–H groups in total. The summed E-state index contributed by atoms with van der Waals surface area (Å²) in [4.78, 5) is 15.0. The lowest BCUT2D eigenvalue weighted by molar-refractivity contribution is -0.137. The summed E-state index contributed by atoms with van der Waals surface area (Å²) in [6.07, 6.45) is 3.43. The van der Waals surface area contributed by atoms with Crippen LogP contribution in [0, 0.1) is 11.3 Å². The van der Waals surface area contributed by atoms with E-state index in [9.17, 15) is 10.1 Å². The van der Waals surface area contributed by atoms with Gasteiger partial charge in [-0.25, -0.2) is 4.98 Å². The van der Waals surface area contributed by atoms with Crippen LogP contribution in [-0.4, -0.2) is 25.8 Å². The molecule has 2 aromatic rings. The van der Waals surface area contributed by atoms with E-state index in [1.807, 2.05) is 13.1 Å². The van der Waals surface area contributed by atoms with Crippen LogP contribution in [0.2, 0.25) is 0 Å². The van der Waals surface area contributed by atoms with Crippen molar-refractivity contribution in [2.75, 3.05) is 5.73 Å². The normalized spacial score (nSPS) is 11.9. The third kappa shape index (κ3) is 3.06. The average Bonchev–Trinajstić information content (AvgIpc) is 2.94. The molecule has 0 saturated carbocycles. The van der Waals surface area contributed by atoms with Gasteiger partial charge in [0.15, 0.2) is 0 Å². The minimum absolute atomic E-state index is 0.0496. The Bertz CT molecular complexity index is 745. The number of anilines is 1. The van der Waals surface area contributed by atoms with E-state index in [1.165, 1.54) is 0 Å². The van der Waals surface area contributed by atoms with Gasteiger partial charge in [-0.15, -0.1) is 0 Å². The van der Waals surface area contributed by atoms with Gasteiger partial charge < -0.3 is 10.8 Å². The molecule has 0 saturated heterocycles. The van der Waals surface area contributed by atoms with E-state index in [2.05, 4.69) is 16.2 Å². The maximum atomic E-state index is 10.9. The van der Waals surface area contributed by atoms with Gasteiger partial charge >= 0.3 is 5.97 Å². The lowest BCUT2D eigenvalue weighted by Crippen LogP contribution is -2.08. The molecule has 0 amide bonds. The van der Waals surface area contributed by atoms with Crippen molar-refractivity contribution in [2.24, 2.45) is 0 Å². The number of rotatable bonds is 5. The SMILES string of the molecule is CCn1cc(-c2cc(C(C)CC(=O)O)nc(N)c2C#N)cn1. The summed E-state index contributed by atoms with van der Waals surface area (Å²) in [5.41, 5.74) is 8.09. The average molecular weight is 299 g/mol. The molecule has 7 heteroatoms. The Morgan fingerprint density at radius 1 is 1.59 bits per heavy atom. The quantitative estimate of drug-likeness (QED) is 0.871. The fraction of sp³-hybridized carbons (Fsp3) is 0.333. The molecule has 114 valence electrons. The monoisotopic (exact) mass is 299 g/mol. The third-order valence-corrected chi connectivity index (χ3v) is 3.43. The second kappa shape index (κ2) is 6.26. The van der Waals surface area contributed by atoms with Gasteiger partial charge in [-0.3, -0.25) is 9.48 Å². The Kier molecular flexibility index (Phi) is 4.41. The summed E-state index contributed by atoms with van der Waals surface area (Å²) in [5, 5.41) is 22.4. The number of aliphatic carboxylic acids is 1. The highest BCUT2D eigenvalue weighted by Gasteiger charge is 2.18. The summed E-state index contributed by atoms with van der Waals surface area (Å²) in [6, 6.07) is 3.78. The molecule has 0 aliphatic carbocycles. The van der Waals surface area contributed by atoms with Crippen LogP contribution >= 0.6 is 0 Å². The topological polar surface area (TPSA) is 118 Å². The largest absolute Gasteiger partial charge is 0.481 e. The van der Waals surface area contributed by atoms with Crippen LogP contribution in [0.4, 0.5) is 5.82 Å². The number of nitrogens with zero attached hydrogens (tertiary/aromatic N) is 4. The summed E-state index contributed by atoms with van der Waals surface area (Å²) in [7, 11) is 0. The second-order valence-corrected chi connectivity index (χ2v) is 5.05. The molecule has 0 radical (unpaired) electrons. The lowest BCUT2D eigenvalue weighted by Gasteiger charge is -2.12. The number of pyridine rings is 1. The molecule has 0 fully saturated rings. The van der Waals surface area contributed by atoms with E-state index < -0.39 is 5.97 Å². The molecule has 1 unspecified atom stereocenters. The van der Waals surface area contributed by atoms with Crippen molar-refractivity contribution in [1.29, 1.82) is 5.26 Å². The van der Waals surface area contributed by atoms with Crippen molar-refractivity contribution >= 4 is 11.8 Å². The van der Waals surface area contributed by atoms with E-state index in [4.69, 9.17) is 10.8 Å². The van der Waals surface area contributed by atoms with Crippen molar-refractivity contribution in [1.82, 2.24) is 14.8 Å². The molecule has 0 aliphatic rings. The molecule has 2 aromatic heterocycles. The first-order valence-corrected chi connectivity index (χ1v) is 6.91. The highest BCUT2D eigenvalue weighted by atomic mass is 16.4. The zero-order chi connectivity index (χ0) is 16.3. The third-order valence-electron chi connectivity index (χ3n) is 3.43. The lowest BCUT2D eigenvalue weighted by atomic mass is 9.97. The van der Waals surface area contributed by atoms with Crippen LogP contribution in [-0.2, 0) is 11.3 Å². The molecule has 1 atom stereocenters. The Labute approximate surface area is 128 Å². The zero-order valence-electron chi connectivity index (χ0n) is 12.4. The number of nitriles is 1. The molecule has 2 heterocycles. The van der Waals surface area contributed by atoms with Crippen LogP contribution in [0.5, 0.6) is 0 Å². The number of carbonyl (C=O) groups is 1. The summed E-state index contributed by atoms with van der Waals surface area (Å²) in [6.45, 7) is 4.44. The minimum Gasteiger partial charge on any atom is -0.481 e. The Balaban J connectivity index is 2.53. The maximum Gasteiger partial charge on any atom is 0.304 e. The molecular formula is C15H17N5O2. The zero-order valence-corrected chi connectivity index (χ0v) is 12.4. The molecular weight excluding hydrogens is 282 g/mol. The van der Waals surface area contributed by atoms with E-state index >= 15 is 0 Å². The van der Waals surface area contributed by atoms with Crippen LogP contribution in [0.1, 0.15) is 37.4 Å². The number of carboxylic acid groups (broad SMARTS) is 1. The van der Waals surface area contributed by atoms with Gasteiger partial charge in [0.25, 0.3) is 0 Å². The smallest absolute Gasteiger partial charge is 0.304 e. The second-order valence-electron chi connectivity index (χ2n) is 5.05. The number of carboxylic acids is 1. The Morgan fingerprint density at radius 2 is 2.32 bits per heavy atom. The van der Waals surface area contributed by atoms with Gasteiger partial charge in [-0.2, -0.15) is 10.4 Å². The van der Waals surface area contributed by atoms with E-state index in [-0.39, 0.29) is 23.7 Å². The molecule has 22 heavy (non-hydrogen) atoms. The molecule has 0 aliphatic heterocycles. The van der Waals surface area contributed by atoms with E-state index in [0.29, 0.717) is 17.8 Å².